The lowest BCUT2D eigenvalue weighted by Gasteiger charge is -2.14. The van der Waals surface area contributed by atoms with E-state index in [1.807, 2.05) is 37.3 Å². The lowest BCUT2D eigenvalue weighted by molar-refractivity contribution is 0.0942. The number of carbonyl (C=O) groups excluding carboxylic acids is 2. The Morgan fingerprint density at radius 3 is 2.12 bits per heavy atom. The summed E-state index contributed by atoms with van der Waals surface area (Å²) in [5, 5.41) is 14.7. The van der Waals surface area contributed by atoms with Crippen LogP contribution in [0.1, 0.15) is 40.5 Å². The highest BCUT2D eigenvalue weighted by molar-refractivity contribution is 6.05. The van der Waals surface area contributed by atoms with Crippen LogP contribution in [-0.4, -0.2) is 30.1 Å². The first-order chi connectivity index (χ1) is 12.1. The molecule has 132 valence electrons. The summed E-state index contributed by atoms with van der Waals surface area (Å²) in [5.74, 6) is -0.122. The van der Waals surface area contributed by atoms with Crippen LogP contribution in [0.3, 0.4) is 0 Å². The summed E-state index contributed by atoms with van der Waals surface area (Å²) in [6.45, 7) is 2.69. The first kappa shape index (κ1) is 18.7. The summed E-state index contributed by atoms with van der Waals surface area (Å²) in [7, 11) is 0. The lowest BCUT2D eigenvalue weighted by Crippen LogP contribution is -2.29. The van der Waals surface area contributed by atoms with E-state index in [2.05, 4.69) is 10.6 Å². The van der Waals surface area contributed by atoms with E-state index in [0.717, 1.165) is 12.1 Å². The van der Waals surface area contributed by atoms with Crippen LogP contribution in [0.25, 0.3) is 0 Å². The molecule has 2 aromatic carbocycles. The quantitative estimate of drug-likeness (QED) is 0.691. The first-order valence-electron chi connectivity index (χ1n) is 8.49. The molecule has 1 unspecified atom stereocenters. The molecule has 5 nitrogen and oxygen atoms in total. The van der Waals surface area contributed by atoms with Crippen LogP contribution in [-0.2, 0) is 0 Å². The normalized spacial score (nSPS) is 11.6. The van der Waals surface area contributed by atoms with Crippen molar-refractivity contribution in [3.63, 3.8) is 0 Å². The molecule has 0 aliphatic carbocycles. The van der Waals surface area contributed by atoms with E-state index in [0.29, 0.717) is 24.1 Å². The van der Waals surface area contributed by atoms with E-state index in [9.17, 15) is 9.59 Å². The van der Waals surface area contributed by atoms with Crippen LogP contribution in [0.5, 0.6) is 0 Å². The SMILES string of the molecule is CCC(CCO)CNC(=O)c1ccc(C(=O)Nc2ccccc2)cc1. The number of anilines is 1. The van der Waals surface area contributed by atoms with Crippen molar-refractivity contribution >= 4 is 17.5 Å². The molecule has 0 fully saturated rings. The van der Waals surface area contributed by atoms with Crippen LogP contribution < -0.4 is 10.6 Å². The van der Waals surface area contributed by atoms with Crippen molar-refractivity contribution in [2.75, 3.05) is 18.5 Å². The van der Waals surface area contributed by atoms with Gasteiger partial charge in [-0.15, -0.1) is 0 Å². The second-order valence-corrected chi connectivity index (χ2v) is 5.89. The summed E-state index contributed by atoms with van der Waals surface area (Å²) < 4.78 is 0. The van der Waals surface area contributed by atoms with Gasteiger partial charge in [0.25, 0.3) is 11.8 Å². The molecule has 0 heterocycles. The Labute approximate surface area is 148 Å². The van der Waals surface area contributed by atoms with E-state index in [1.165, 1.54) is 0 Å². The fourth-order valence-electron chi connectivity index (χ4n) is 2.47. The molecular weight excluding hydrogens is 316 g/mol. The van der Waals surface area contributed by atoms with Gasteiger partial charge in [-0.2, -0.15) is 0 Å². The molecule has 3 N–H and O–H groups in total. The highest BCUT2D eigenvalue weighted by Crippen LogP contribution is 2.11. The molecule has 0 aliphatic rings. The minimum Gasteiger partial charge on any atom is -0.396 e. The molecule has 0 saturated carbocycles. The minimum absolute atomic E-state index is 0.125. The molecule has 5 heteroatoms. The number of aliphatic hydroxyl groups is 1. The average Bonchev–Trinajstić information content (AvgIpc) is 2.65. The molecule has 0 saturated heterocycles. The summed E-state index contributed by atoms with van der Waals surface area (Å²) in [6, 6.07) is 15.8. The smallest absolute Gasteiger partial charge is 0.255 e. The molecule has 2 amide bonds. The standard InChI is InChI=1S/C20H24N2O3/c1-2-15(12-13-23)14-21-19(24)16-8-10-17(11-9-16)20(25)22-18-6-4-3-5-7-18/h3-11,15,23H,2,12-14H2,1H3,(H,21,24)(H,22,25). The molecule has 0 spiro atoms. The van der Waals surface area contributed by atoms with Gasteiger partial charge in [0.2, 0.25) is 0 Å². The van der Waals surface area contributed by atoms with Gasteiger partial charge < -0.3 is 15.7 Å². The van der Waals surface area contributed by atoms with E-state index in [-0.39, 0.29) is 24.3 Å². The van der Waals surface area contributed by atoms with Gasteiger partial charge in [-0.05, 0) is 48.7 Å². The highest BCUT2D eigenvalue weighted by Gasteiger charge is 2.11. The number of aliphatic hydroxyl groups excluding tert-OH is 1. The molecule has 0 bridgehead atoms. The molecular formula is C20H24N2O3. The zero-order valence-corrected chi connectivity index (χ0v) is 14.4. The fraction of sp³-hybridized carbons (Fsp3) is 0.300. The second-order valence-electron chi connectivity index (χ2n) is 5.89. The monoisotopic (exact) mass is 340 g/mol. The number of para-hydroxylation sites is 1. The Bertz CT molecular complexity index is 684. The summed E-state index contributed by atoms with van der Waals surface area (Å²) in [5.41, 5.74) is 1.73. The third kappa shape index (κ3) is 5.72. The number of amides is 2. The van der Waals surface area contributed by atoms with Gasteiger partial charge in [0.15, 0.2) is 0 Å². The van der Waals surface area contributed by atoms with Gasteiger partial charge in [0, 0.05) is 30.0 Å². The van der Waals surface area contributed by atoms with Gasteiger partial charge >= 0.3 is 0 Å². The third-order valence-corrected chi connectivity index (χ3v) is 4.11. The Morgan fingerprint density at radius 1 is 0.960 bits per heavy atom. The molecule has 0 radical (unpaired) electrons. The van der Waals surface area contributed by atoms with Crippen LogP contribution in [0.15, 0.2) is 54.6 Å². The van der Waals surface area contributed by atoms with Crippen molar-refractivity contribution in [1.82, 2.24) is 5.32 Å². The number of hydrogen-bond acceptors (Lipinski definition) is 3. The highest BCUT2D eigenvalue weighted by atomic mass is 16.3. The number of nitrogens with one attached hydrogen (secondary N) is 2. The van der Waals surface area contributed by atoms with Crippen molar-refractivity contribution in [2.24, 2.45) is 5.92 Å². The van der Waals surface area contributed by atoms with Gasteiger partial charge in [0.05, 0.1) is 0 Å². The van der Waals surface area contributed by atoms with E-state index >= 15 is 0 Å². The van der Waals surface area contributed by atoms with Crippen molar-refractivity contribution in [3.05, 3.63) is 65.7 Å². The Balaban J connectivity index is 1.92. The maximum atomic E-state index is 12.2. The molecule has 0 aliphatic heterocycles. The zero-order valence-electron chi connectivity index (χ0n) is 14.4. The molecule has 1 atom stereocenters. The number of carbonyl (C=O) groups is 2. The number of benzene rings is 2. The van der Waals surface area contributed by atoms with Gasteiger partial charge in [-0.1, -0.05) is 31.5 Å². The van der Waals surface area contributed by atoms with Gasteiger partial charge in [0.1, 0.15) is 0 Å². The van der Waals surface area contributed by atoms with Crippen LogP contribution in [0.2, 0.25) is 0 Å². The topological polar surface area (TPSA) is 78.4 Å². The summed E-state index contributed by atoms with van der Waals surface area (Å²) in [4.78, 5) is 24.4. The third-order valence-electron chi connectivity index (χ3n) is 4.11. The predicted octanol–water partition coefficient (Wildman–Crippen LogP) is 3.08. The molecule has 25 heavy (non-hydrogen) atoms. The van der Waals surface area contributed by atoms with E-state index < -0.39 is 0 Å². The van der Waals surface area contributed by atoms with Crippen molar-refractivity contribution in [2.45, 2.75) is 19.8 Å². The second kappa shape index (κ2) is 9.59. The van der Waals surface area contributed by atoms with Crippen molar-refractivity contribution < 1.29 is 14.7 Å². The summed E-state index contributed by atoms with van der Waals surface area (Å²) >= 11 is 0. The molecule has 0 aromatic heterocycles. The van der Waals surface area contributed by atoms with E-state index in [4.69, 9.17) is 5.11 Å². The Hall–Kier alpha value is -2.66. The average molecular weight is 340 g/mol. The lowest BCUT2D eigenvalue weighted by atomic mass is 10.0. The van der Waals surface area contributed by atoms with Gasteiger partial charge in [-0.25, -0.2) is 0 Å². The van der Waals surface area contributed by atoms with Gasteiger partial charge in [-0.3, -0.25) is 9.59 Å². The molecule has 2 aromatic rings. The predicted molar refractivity (Wildman–Crippen MR) is 98.7 cm³/mol. The number of hydrogen-bond donors (Lipinski definition) is 3. The van der Waals surface area contributed by atoms with Crippen LogP contribution in [0.4, 0.5) is 5.69 Å². The minimum atomic E-state index is -0.216. The maximum absolute atomic E-state index is 12.2. The van der Waals surface area contributed by atoms with Crippen LogP contribution in [0, 0.1) is 5.92 Å². The fourth-order valence-corrected chi connectivity index (χ4v) is 2.47. The first-order valence-corrected chi connectivity index (χ1v) is 8.49. The summed E-state index contributed by atoms with van der Waals surface area (Å²) in [6.07, 6.45) is 1.58. The van der Waals surface area contributed by atoms with E-state index in [1.54, 1.807) is 24.3 Å². The maximum Gasteiger partial charge on any atom is 0.255 e. The van der Waals surface area contributed by atoms with Crippen molar-refractivity contribution in [3.8, 4) is 0 Å². The van der Waals surface area contributed by atoms with Crippen molar-refractivity contribution in [1.29, 1.82) is 0 Å². The number of rotatable bonds is 8. The van der Waals surface area contributed by atoms with Crippen LogP contribution >= 0.6 is 0 Å². The Kier molecular flexibility index (Phi) is 7.16. The molecule has 2 rings (SSSR count). The zero-order chi connectivity index (χ0) is 18.1. The Morgan fingerprint density at radius 2 is 1.56 bits per heavy atom. The largest absolute Gasteiger partial charge is 0.396 e.